The molecule has 3 fully saturated rings. The van der Waals surface area contributed by atoms with Gasteiger partial charge in [-0.25, -0.2) is 8.78 Å². The van der Waals surface area contributed by atoms with Crippen molar-refractivity contribution in [2.75, 3.05) is 13.7 Å². The third-order valence-corrected chi connectivity index (χ3v) is 9.39. The zero-order chi connectivity index (χ0) is 26.1. The van der Waals surface area contributed by atoms with Gasteiger partial charge >= 0.3 is 0 Å². The zero-order valence-corrected chi connectivity index (χ0v) is 20.4. The first-order valence-electron chi connectivity index (χ1n) is 12.0. The van der Waals surface area contributed by atoms with E-state index < -0.39 is 82.4 Å². The maximum Gasteiger partial charge on any atom is 0.236 e. The number of halogens is 2. The number of ketones is 2. The predicted octanol–water partition coefficient (Wildman–Crippen LogP) is 0.694. The highest BCUT2D eigenvalue weighted by Crippen LogP contribution is 2.70. The lowest BCUT2D eigenvalue weighted by atomic mass is 9.44. The molecule has 0 radical (unpaired) electrons. The molecule has 0 bridgehead atoms. The van der Waals surface area contributed by atoms with Crippen LogP contribution in [0.1, 0.15) is 40.0 Å². The number of alkyl halides is 2. The Morgan fingerprint density at radius 1 is 1.26 bits per heavy atom. The molecule has 0 aromatic carbocycles. The molecule has 0 spiro atoms. The van der Waals surface area contributed by atoms with Crippen LogP contribution in [0.2, 0.25) is 0 Å². The molecule has 4 aliphatic rings. The predicted molar refractivity (Wildman–Crippen MR) is 121 cm³/mol. The summed E-state index contributed by atoms with van der Waals surface area (Å²) in [5.74, 6) is -3.42. The third-order valence-electron chi connectivity index (χ3n) is 9.39. The number of nitrogens with two attached hydrogens (primary N) is 1. The summed E-state index contributed by atoms with van der Waals surface area (Å²) in [4.78, 5) is 37.4. The first kappa shape index (κ1) is 26.1. The summed E-state index contributed by atoms with van der Waals surface area (Å²) < 4.78 is 38.3. The topological polar surface area (TPSA) is 139 Å². The van der Waals surface area contributed by atoms with Gasteiger partial charge in [0.1, 0.15) is 6.17 Å². The Morgan fingerprint density at radius 2 is 1.91 bits per heavy atom. The fourth-order valence-electron chi connectivity index (χ4n) is 7.65. The van der Waals surface area contributed by atoms with Crippen molar-refractivity contribution in [2.45, 2.75) is 75.7 Å². The Bertz CT molecular complexity index is 1020. The molecule has 0 heterocycles. The molecule has 3 saturated carbocycles. The van der Waals surface area contributed by atoms with Gasteiger partial charge in [-0.15, -0.1) is 0 Å². The number of fused-ring (bicyclic) bond motifs is 5. The molecule has 1 amide bonds. The van der Waals surface area contributed by atoms with Crippen LogP contribution >= 0.6 is 0 Å². The molecular weight excluding hydrogens is 462 g/mol. The second kappa shape index (κ2) is 8.26. The van der Waals surface area contributed by atoms with Crippen molar-refractivity contribution in [3.8, 4) is 0 Å². The minimum Gasteiger partial charge on any atom is -0.390 e. The van der Waals surface area contributed by atoms with Crippen molar-refractivity contribution in [3.63, 3.8) is 0 Å². The number of Topliss-reactive ketones (excluding diaryl/α,β-unsaturated/α-hetero) is 1. The SMILES string of the molecule is CO[C@]1(C(=O)CNC(=O)[C@H](C)N)[C@H](O)CC2[C@@H]3C[C@H](F)C4=CC(=O)C=C[C@]4(C)[C@@]3(F)[C@@H](O)C[C@@]21C. The van der Waals surface area contributed by atoms with Crippen LogP contribution < -0.4 is 11.1 Å². The van der Waals surface area contributed by atoms with Gasteiger partial charge in [0.05, 0.1) is 24.8 Å². The molecule has 8 nitrogen and oxygen atoms in total. The molecule has 35 heavy (non-hydrogen) atoms. The van der Waals surface area contributed by atoms with Crippen molar-refractivity contribution >= 4 is 17.5 Å². The first-order valence-corrected chi connectivity index (χ1v) is 12.0. The minimum atomic E-state index is -2.33. The van der Waals surface area contributed by atoms with Crippen molar-refractivity contribution < 1.29 is 38.1 Å². The Labute approximate surface area is 203 Å². The average molecular weight is 497 g/mol. The monoisotopic (exact) mass is 496 g/mol. The highest BCUT2D eigenvalue weighted by molar-refractivity contribution is 6.01. The number of hydrogen-bond donors (Lipinski definition) is 4. The number of methoxy groups -OCH3 is 1. The van der Waals surface area contributed by atoms with Gasteiger partial charge in [0.25, 0.3) is 0 Å². The van der Waals surface area contributed by atoms with E-state index >= 15 is 8.78 Å². The number of aliphatic hydroxyl groups excluding tert-OH is 2. The van der Waals surface area contributed by atoms with Crippen molar-refractivity contribution in [1.82, 2.24) is 5.32 Å². The number of amides is 1. The first-order chi connectivity index (χ1) is 16.2. The van der Waals surface area contributed by atoms with E-state index in [1.165, 1.54) is 33.1 Å². The third kappa shape index (κ3) is 3.19. The quantitative estimate of drug-likeness (QED) is 0.439. The van der Waals surface area contributed by atoms with Crippen LogP contribution in [0.4, 0.5) is 8.78 Å². The molecule has 0 aliphatic heterocycles. The maximum absolute atomic E-state index is 17.2. The van der Waals surface area contributed by atoms with Gasteiger partial charge in [-0.1, -0.05) is 13.0 Å². The van der Waals surface area contributed by atoms with Gasteiger partial charge in [0.15, 0.2) is 22.8 Å². The van der Waals surface area contributed by atoms with Gasteiger partial charge in [0, 0.05) is 23.9 Å². The van der Waals surface area contributed by atoms with E-state index in [-0.39, 0.29) is 24.8 Å². The molecule has 10 atom stereocenters. The Morgan fingerprint density at radius 3 is 2.51 bits per heavy atom. The fourth-order valence-corrected chi connectivity index (χ4v) is 7.65. The van der Waals surface area contributed by atoms with Crippen LogP contribution in [0.15, 0.2) is 23.8 Å². The molecule has 0 saturated heterocycles. The van der Waals surface area contributed by atoms with Gasteiger partial charge in [0.2, 0.25) is 5.91 Å². The van der Waals surface area contributed by atoms with Gasteiger partial charge in [-0.3, -0.25) is 14.4 Å². The highest BCUT2D eigenvalue weighted by Gasteiger charge is 2.77. The summed E-state index contributed by atoms with van der Waals surface area (Å²) in [5, 5.41) is 25.0. The van der Waals surface area contributed by atoms with E-state index in [9.17, 15) is 24.6 Å². The normalized spacial score (nSPS) is 47.3. The summed E-state index contributed by atoms with van der Waals surface area (Å²) in [7, 11) is 1.25. The number of hydrogen-bond acceptors (Lipinski definition) is 7. The van der Waals surface area contributed by atoms with E-state index in [4.69, 9.17) is 10.5 Å². The van der Waals surface area contributed by atoms with Gasteiger partial charge in [-0.05, 0) is 56.8 Å². The van der Waals surface area contributed by atoms with Crippen molar-refractivity contribution in [3.05, 3.63) is 23.8 Å². The zero-order valence-electron chi connectivity index (χ0n) is 20.4. The van der Waals surface area contributed by atoms with E-state index in [1.807, 2.05) is 0 Å². The summed E-state index contributed by atoms with van der Waals surface area (Å²) in [6, 6.07) is -0.857. The van der Waals surface area contributed by atoms with Crippen LogP contribution in [-0.4, -0.2) is 77.0 Å². The number of aliphatic hydroxyl groups is 2. The van der Waals surface area contributed by atoms with Crippen molar-refractivity contribution in [1.29, 1.82) is 0 Å². The molecule has 0 aromatic heterocycles. The summed E-state index contributed by atoms with van der Waals surface area (Å²) in [5.41, 5.74) is -1.47. The van der Waals surface area contributed by atoms with Crippen LogP contribution in [0.3, 0.4) is 0 Å². The van der Waals surface area contributed by atoms with Crippen LogP contribution in [0, 0.1) is 22.7 Å². The fraction of sp³-hybridized carbons (Fsp3) is 0.720. The number of carbonyl (C=O) groups is 3. The van der Waals surface area contributed by atoms with E-state index in [1.54, 1.807) is 6.92 Å². The molecule has 194 valence electrons. The number of ether oxygens (including phenoxy) is 1. The molecule has 10 heteroatoms. The van der Waals surface area contributed by atoms with Gasteiger partial charge < -0.3 is 26.0 Å². The maximum atomic E-state index is 17.2. The number of carbonyl (C=O) groups excluding carboxylic acids is 3. The lowest BCUT2D eigenvalue weighted by molar-refractivity contribution is -0.230. The molecule has 4 aliphatic carbocycles. The Kier molecular flexibility index (Phi) is 6.15. The molecule has 0 aromatic rings. The minimum absolute atomic E-state index is 0.00218. The van der Waals surface area contributed by atoms with Crippen LogP contribution in [-0.2, 0) is 19.1 Å². The summed E-state index contributed by atoms with van der Waals surface area (Å²) in [6.07, 6.45) is -1.62. The number of allylic oxidation sites excluding steroid dienone is 4. The standard InChI is InChI=1S/C25H34F2N2O6/c1-12(28)21(34)29-11-20(33)25(35-4)18(31)9-14-15-8-17(26)16-7-13(30)5-6-22(16,2)24(15,27)19(32)10-23(14,25)3/h5-7,12,14-15,17-19,31-32H,8-11,28H2,1-4H3,(H,29,34)/t12-,14?,15-,17-,18+,19-,22-,23-,24-,25-/m0/s1. The van der Waals surface area contributed by atoms with Crippen LogP contribution in [0.25, 0.3) is 0 Å². The van der Waals surface area contributed by atoms with Crippen LogP contribution in [0.5, 0.6) is 0 Å². The van der Waals surface area contributed by atoms with E-state index in [0.717, 1.165) is 6.08 Å². The Balaban J connectivity index is 1.77. The molecule has 5 N–H and O–H groups in total. The second-order valence-corrected chi connectivity index (χ2v) is 11.0. The second-order valence-electron chi connectivity index (χ2n) is 11.0. The van der Waals surface area contributed by atoms with E-state index in [0.29, 0.717) is 0 Å². The lowest BCUT2D eigenvalue weighted by Crippen LogP contribution is -2.71. The Hall–Kier alpha value is -2.01. The summed E-state index contributed by atoms with van der Waals surface area (Å²) in [6.45, 7) is 4.11. The highest BCUT2D eigenvalue weighted by atomic mass is 19.1. The largest absolute Gasteiger partial charge is 0.390 e. The average Bonchev–Trinajstić information content (AvgIpc) is 3.01. The number of nitrogens with one attached hydrogen (secondary N) is 1. The summed E-state index contributed by atoms with van der Waals surface area (Å²) >= 11 is 0. The van der Waals surface area contributed by atoms with Crippen molar-refractivity contribution in [2.24, 2.45) is 28.4 Å². The lowest BCUT2D eigenvalue weighted by Gasteiger charge is -2.63. The van der Waals surface area contributed by atoms with E-state index in [2.05, 4.69) is 5.32 Å². The van der Waals surface area contributed by atoms with Gasteiger partial charge in [-0.2, -0.15) is 0 Å². The molecule has 4 rings (SSSR count). The number of rotatable bonds is 5. The molecule has 1 unspecified atom stereocenters. The smallest absolute Gasteiger partial charge is 0.236 e. The molecular formula is C25H34F2N2O6.